The van der Waals surface area contributed by atoms with Gasteiger partial charge in [0.25, 0.3) is 5.91 Å². The molecule has 4 atom stereocenters. The lowest BCUT2D eigenvalue weighted by Gasteiger charge is -2.40. The normalized spacial score (nSPS) is 23.1. The minimum atomic E-state index is -2.08. The number of anilines is 1. The number of fused-ring (bicyclic) bond motifs is 1. The van der Waals surface area contributed by atoms with Crippen LogP contribution in [0.4, 0.5) is 5.82 Å². The number of rotatable bonds is 7. The van der Waals surface area contributed by atoms with Crippen LogP contribution in [0.15, 0.2) is 43.0 Å². The van der Waals surface area contributed by atoms with Crippen molar-refractivity contribution in [1.82, 2.24) is 19.5 Å². The highest BCUT2D eigenvalue weighted by atomic mass is 127. The van der Waals surface area contributed by atoms with Crippen LogP contribution in [-0.2, 0) is 13.9 Å². The Kier molecular flexibility index (Phi) is 7.62. The Hall–Kier alpha value is -1.93. The zero-order valence-electron chi connectivity index (χ0n) is 20.9. The highest BCUT2D eigenvalue weighted by molar-refractivity contribution is 14.1. The van der Waals surface area contributed by atoms with Crippen LogP contribution in [0.2, 0.25) is 18.1 Å². The molecule has 1 amide bonds. The van der Waals surface area contributed by atoms with Crippen molar-refractivity contribution in [3.8, 4) is 0 Å². The molecule has 188 valence electrons. The third-order valence-electron chi connectivity index (χ3n) is 6.85. The zero-order chi connectivity index (χ0) is 25.4. The summed E-state index contributed by atoms with van der Waals surface area (Å²) in [5.41, 5.74) is 1.57. The van der Waals surface area contributed by atoms with Crippen LogP contribution in [0.3, 0.4) is 0 Å². The fraction of sp³-hybridized carbons (Fsp3) is 0.500. The number of halogens is 1. The number of carbonyl (C=O) groups is 1. The van der Waals surface area contributed by atoms with Gasteiger partial charge in [0.15, 0.2) is 31.5 Å². The number of carbonyl (C=O) groups excluding carboxylic acids is 1. The second-order valence-electron chi connectivity index (χ2n) is 10.1. The Morgan fingerprint density at radius 3 is 2.51 bits per heavy atom. The Labute approximate surface area is 220 Å². The molecule has 0 radical (unpaired) electrons. The minimum absolute atomic E-state index is 0.0555. The second-order valence-corrected chi connectivity index (χ2v) is 15.8. The van der Waals surface area contributed by atoms with Crippen LogP contribution < -0.4 is 5.32 Å². The molecule has 3 heterocycles. The topological polar surface area (TPSA) is 100 Å². The van der Waals surface area contributed by atoms with Gasteiger partial charge in [-0.25, -0.2) is 15.0 Å². The highest BCUT2D eigenvalue weighted by Gasteiger charge is 2.51. The second kappa shape index (κ2) is 10.2. The first kappa shape index (κ1) is 26.1. The van der Waals surface area contributed by atoms with Crippen molar-refractivity contribution in [3.05, 3.63) is 48.5 Å². The molecule has 1 saturated heterocycles. The fourth-order valence-corrected chi connectivity index (χ4v) is 5.89. The fourth-order valence-electron chi connectivity index (χ4n) is 3.87. The monoisotopic (exact) mass is 609 g/mol. The van der Waals surface area contributed by atoms with Crippen molar-refractivity contribution in [1.29, 1.82) is 0 Å². The molecular weight excluding hydrogens is 577 g/mol. The van der Waals surface area contributed by atoms with Gasteiger partial charge in [-0.1, -0.05) is 61.6 Å². The number of nitrogens with zero attached hydrogens (tertiary/aromatic N) is 4. The first-order chi connectivity index (χ1) is 16.6. The molecule has 1 aromatic carbocycles. The van der Waals surface area contributed by atoms with E-state index in [1.54, 1.807) is 25.6 Å². The van der Waals surface area contributed by atoms with E-state index in [1.807, 2.05) is 22.8 Å². The van der Waals surface area contributed by atoms with Gasteiger partial charge in [-0.2, -0.15) is 0 Å². The van der Waals surface area contributed by atoms with Crippen LogP contribution in [-0.4, -0.2) is 63.6 Å². The van der Waals surface area contributed by atoms with Gasteiger partial charge in [0.05, 0.1) is 12.4 Å². The van der Waals surface area contributed by atoms with Crippen LogP contribution in [0, 0.1) is 0 Å². The summed E-state index contributed by atoms with van der Waals surface area (Å²) in [5.74, 6) is 0.0777. The van der Waals surface area contributed by atoms with E-state index < -0.39 is 14.5 Å². The molecule has 3 aromatic rings. The van der Waals surface area contributed by atoms with Crippen molar-refractivity contribution < 1.29 is 18.7 Å². The first-order valence-electron chi connectivity index (χ1n) is 11.5. The molecule has 9 nitrogen and oxygen atoms in total. The lowest BCUT2D eigenvalue weighted by Crippen LogP contribution is -2.49. The molecule has 1 aliphatic rings. The van der Waals surface area contributed by atoms with E-state index in [0.29, 0.717) is 22.5 Å². The van der Waals surface area contributed by atoms with Crippen molar-refractivity contribution in [2.45, 2.75) is 63.4 Å². The van der Waals surface area contributed by atoms with Crippen LogP contribution in [0.25, 0.3) is 11.2 Å². The van der Waals surface area contributed by atoms with Gasteiger partial charge in [-0.05, 0) is 30.3 Å². The van der Waals surface area contributed by atoms with E-state index in [-0.39, 0.29) is 29.3 Å². The summed E-state index contributed by atoms with van der Waals surface area (Å²) in [4.78, 5) is 25.9. The average Bonchev–Trinajstić information content (AvgIpc) is 3.40. The molecule has 1 N–H and O–H groups in total. The van der Waals surface area contributed by atoms with Gasteiger partial charge in [-0.15, -0.1) is 0 Å². The molecule has 0 spiro atoms. The molecule has 2 aromatic heterocycles. The number of imidazole rings is 1. The zero-order valence-corrected chi connectivity index (χ0v) is 24.0. The third kappa shape index (κ3) is 5.14. The van der Waals surface area contributed by atoms with Crippen LogP contribution in [0.5, 0.6) is 0 Å². The van der Waals surface area contributed by atoms with Crippen LogP contribution in [0.1, 0.15) is 37.4 Å². The molecule has 0 aliphatic carbocycles. The van der Waals surface area contributed by atoms with Gasteiger partial charge < -0.3 is 19.2 Å². The lowest BCUT2D eigenvalue weighted by atomic mass is 10.1. The van der Waals surface area contributed by atoms with Crippen LogP contribution >= 0.6 is 22.6 Å². The summed E-state index contributed by atoms with van der Waals surface area (Å²) in [5, 5.41) is 2.90. The number of ether oxygens (including phenoxy) is 2. The molecule has 11 heteroatoms. The number of hydrogen-bond acceptors (Lipinski definition) is 7. The van der Waals surface area contributed by atoms with E-state index in [9.17, 15) is 4.79 Å². The largest absolute Gasteiger partial charge is 0.408 e. The maximum absolute atomic E-state index is 12.7. The smallest absolute Gasteiger partial charge is 0.256 e. The van der Waals surface area contributed by atoms with Gasteiger partial charge in [0.1, 0.15) is 18.5 Å². The first-order valence-corrected chi connectivity index (χ1v) is 16.0. The minimum Gasteiger partial charge on any atom is -0.408 e. The third-order valence-corrected chi connectivity index (χ3v) is 12.2. The predicted molar refractivity (Wildman–Crippen MR) is 145 cm³/mol. The Morgan fingerprint density at radius 2 is 1.89 bits per heavy atom. The summed E-state index contributed by atoms with van der Waals surface area (Å²) >= 11 is 2.33. The summed E-state index contributed by atoms with van der Waals surface area (Å²) in [7, 11) is -0.396. The highest BCUT2D eigenvalue weighted by Crippen LogP contribution is 2.42. The molecular formula is C24H32IN5O4Si. The van der Waals surface area contributed by atoms with Gasteiger partial charge in [0.2, 0.25) is 0 Å². The van der Waals surface area contributed by atoms with Crippen molar-refractivity contribution >= 4 is 53.8 Å². The Bertz CT molecular complexity index is 1180. The van der Waals surface area contributed by atoms with E-state index in [1.165, 1.54) is 6.33 Å². The number of benzene rings is 1. The van der Waals surface area contributed by atoms with E-state index in [0.717, 1.165) is 4.43 Å². The average molecular weight is 610 g/mol. The Balaban J connectivity index is 1.65. The lowest BCUT2D eigenvalue weighted by molar-refractivity contribution is -0.0458. The number of methoxy groups -OCH3 is 1. The van der Waals surface area contributed by atoms with Crippen molar-refractivity contribution in [3.63, 3.8) is 0 Å². The summed E-state index contributed by atoms with van der Waals surface area (Å²) in [6.45, 7) is 11.1. The van der Waals surface area contributed by atoms with E-state index in [4.69, 9.17) is 13.9 Å². The number of nitrogens with one attached hydrogen (secondary N) is 1. The van der Waals surface area contributed by atoms with Crippen molar-refractivity contribution in [2.24, 2.45) is 0 Å². The van der Waals surface area contributed by atoms with Gasteiger partial charge >= 0.3 is 0 Å². The molecule has 35 heavy (non-hydrogen) atoms. The van der Waals surface area contributed by atoms with E-state index >= 15 is 0 Å². The number of aromatic nitrogens is 4. The number of alkyl halides is 1. The SMILES string of the molecule is CO[C@@H]1[C@H](O[Si](C)(C)C(C)(C)C)[C@@H](CI)O[C@H]1n1cnc2c(NC(=O)c3ccccc3)ncnc21. The van der Waals surface area contributed by atoms with Gasteiger partial charge in [0, 0.05) is 17.1 Å². The molecule has 0 bridgehead atoms. The standard InChI is InChI=1S/C24H32IN5O4Si/c1-24(2,3)35(5,6)34-18-16(12-25)33-23(19(18)32-4)30-14-28-17-20(26-13-27-21(17)30)29-22(31)15-10-8-7-9-11-15/h7-11,13-14,16,18-19,23H,12H2,1-6H3,(H,26,27,29,31)/t16-,18-,19-,23-/m1/s1. The molecule has 0 unspecified atom stereocenters. The molecule has 1 fully saturated rings. The summed E-state index contributed by atoms with van der Waals surface area (Å²) in [6.07, 6.45) is 1.88. The molecule has 0 saturated carbocycles. The Morgan fingerprint density at radius 1 is 1.17 bits per heavy atom. The predicted octanol–water partition coefficient (Wildman–Crippen LogP) is 4.82. The molecule has 4 rings (SSSR count). The number of amides is 1. The summed E-state index contributed by atoms with van der Waals surface area (Å²) in [6, 6.07) is 8.98. The maximum Gasteiger partial charge on any atom is 0.256 e. The van der Waals surface area contributed by atoms with Crippen molar-refractivity contribution in [2.75, 3.05) is 16.9 Å². The van der Waals surface area contributed by atoms with Gasteiger partial charge in [-0.3, -0.25) is 9.36 Å². The quantitative estimate of drug-likeness (QED) is 0.233. The maximum atomic E-state index is 12.7. The molecule has 1 aliphatic heterocycles. The number of hydrogen-bond donors (Lipinski definition) is 1. The summed E-state index contributed by atoms with van der Waals surface area (Å²) < 4.78 is 21.8. The van der Waals surface area contributed by atoms with E-state index in [2.05, 4.69) is 76.7 Å².